The Hall–Kier alpha value is -1.89. The van der Waals surface area contributed by atoms with Crippen molar-refractivity contribution in [1.82, 2.24) is 20.7 Å². The summed E-state index contributed by atoms with van der Waals surface area (Å²) in [6.07, 6.45) is 2.99. The van der Waals surface area contributed by atoms with Gasteiger partial charge in [-0.3, -0.25) is 14.5 Å². The van der Waals surface area contributed by atoms with Crippen molar-refractivity contribution >= 4 is 11.8 Å². The lowest BCUT2D eigenvalue weighted by Gasteiger charge is -2.31. The van der Waals surface area contributed by atoms with Crippen LogP contribution in [0.4, 0.5) is 0 Å². The molecule has 134 valence electrons. The number of rotatable bonds is 7. The fourth-order valence-corrected chi connectivity index (χ4v) is 2.95. The van der Waals surface area contributed by atoms with Crippen molar-refractivity contribution in [2.45, 2.75) is 52.5 Å². The van der Waals surface area contributed by atoms with Crippen LogP contribution in [0, 0.1) is 13.8 Å². The Kier molecular flexibility index (Phi) is 6.78. The Morgan fingerprint density at radius 3 is 2.54 bits per heavy atom. The van der Waals surface area contributed by atoms with Gasteiger partial charge >= 0.3 is 0 Å². The first kappa shape index (κ1) is 18.4. The van der Waals surface area contributed by atoms with Gasteiger partial charge in [0.15, 0.2) is 0 Å². The number of amides is 2. The van der Waals surface area contributed by atoms with E-state index in [2.05, 4.69) is 20.7 Å². The summed E-state index contributed by atoms with van der Waals surface area (Å²) in [7, 11) is 0. The zero-order chi connectivity index (χ0) is 17.5. The molecule has 7 nitrogen and oxygen atoms in total. The van der Waals surface area contributed by atoms with Gasteiger partial charge in [0.2, 0.25) is 11.8 Å². The maximum atomic E-state index is 12.2. The van der Waals surface area contributed by atoms with Crippen LogP contribution in [0.1, 0.15) is 43.2 Å². The molecule has 0 saturated carbocycles. The topological polar surface area (TPSA) is 87.5 Å². The van der Waals surface area contributed by atoms with Gasteiger partial charge < -0.3 is 15.2 Å². The molecule has 1 aromatic rings. The molecule has 0 atom stereocenters. The van der Waals surface area contributed by atoms with E-state index in [0.29, 0.717) is 18.7 Å². The van der Waals surface area contributed by atoms with Crippen molar-refractivity contribution in [1.29, 1.82) is 0 Å². The number of nitrogens with one attached hydrogen (secondary N) is 2. The van der Waals surface area contributed by atoms with E-state index in [-0.39, 0.29) is 17.9 Å². The van der Waals surface area contributed by atoms with E-state index < -0.39 is 0 Å². The normalized spacial score (nSPS) is 16.1. The third-order valence-electron chi connectivity index (χ3n) is 4.41. The number of aromatic nitrogens is 1. The Labute approximate surface area is 143 Å². The molecule has 1 fully saturated rings. The molecule has 7 heteroatoms. The number of nitrogens with zero attached hydrogens (tertiary/aromatic N) is 2. The van der Waals surface area contributed by atoms with Gasteiger partial charge in [0.1, 0.15) is 5.76 Å². The standard InChI is InChI=1S/C17H28N4O3/c1-4-7-18-17(23)11-21-8-5-14(6-9-21)19-16(22)10-15-12(2)20-24-13(15)3/h14H,4-11H2,1-3H3,(H,18,23)(H,19,22). The van der Waals surface area contributed by atoms with Crippen molar-refractivity contribution < 1.29 is 14.1 Å². The van der Waals surface area contributed by atoms with Crippen molar-refractivity contribution in [2.75, 3.05) is 26.2 Å². The monoisotopic (exact) mass is 336 g/mol. The molecular weight excluding hydrogens is 308 g/mol. The average molecular weight is 336 g/mol. The van der Waals surface area contributed by atoms with Crippen LogP contribution in [0.25, 0.3) is 0 Å². The lowest BCUT2D eigenvalue weighted by atomic mass is 10.0. The Balaban J connectivity index is 1.71. The zero-order valence-electron chi connectivity index (χ0n) is 14.9. The number of carbonyl (C=O) groups excluding carboxylic acids is 2. The minimum Gasteiger partial charge on any atom is -0.361 e. The van der Waals surface area contributed by atoms with Gasteiger partial charge in [0.05, 0.1) is 18.7 Å². The highest BCUT2D eigenvalue weighted by molar-refractivity contribution is 5.79. The molecule has 2 heterocycles. The highest BCUT2D eigenvalue weighted by Gasteiger charge is 2.23. The van der Waals surface area contributed by atoms with Crippen molar-refractivity contribution in [2.24, 2.45) is 0 Å². The number of carbonyl (C=O) groups is 2. The van der Waals surface area contributed by atoms with Gasteiger partial charge in [-0.2, -0.15) is 0 Å². The first-order valence-electron chi connectivity index (χ1n) is 8.69. The largest absolute Gasteiger partial charge is 0.361 e. The van der Waals surface area contributed by atoms with Crippen molar-refractivity contribution in [3.63, 3.8) is 0 Å². The second-order valence-corrected chi connectivity index (χ2v) is 6.45. The number of hydrogen-bond donors (Lipinski definition) is 2. The van der Waals surface area contributed by atoms with Crippen LogP contribution in [0.15, 0.2) is 4.52 Å². The van der Waals surface area contributed by atoms with Crippen LogP contribution in [-0.4, -0.2) is 54.1 Å². The molecular formula is C17H28N4O3. The van der Waals surface area contributed by atoms with Crippen LogP contribution < -0.4 is 10.6 Å². The second-order valence-electron chi connectivity index (χ2n) is 6.45. The number of piperidine rings is 1. The van der Waals surface area contributed by atoms with Gasteiger partial charge in [-0.25, -0.2) is 0 Å². The van der Waals surface area contributed by atoms with Gasteiger partial charge in [-0.15, -0.1) is 0 Å². The molecule has 1 aromatic heterocycles. The molecule has 0 bridgehead atoms. The quantitative estimate of drug-likeness (QED) is 0.774. The minimum atomic E-state index is 0.00328. The molecule has 0 aromatic carbocycles. The van der Waals surface area contributed by atoms with E-state index in [4.69, 9.17) is 4.52 Å². The molecule has 0 aliphatic carbocycles. The summed E-state index contributed by atoms with van der Waals surface area (Å²) in [5, 5.41) is 9.85. The highest BCUT2D eigenvalue weighted by atomic mass is 16.5. The molecule has 0 spiro atoms. The SMILES string of the molecule is CCCNC(=O)CN1CCC(NC(=O)Cc2c(C)noc2C)CC1. The highest BCUT2D eigenvalue weighted by Crippen LogP contribution is 2.14. The fraction of sp³-hybridized carbons (Fsp3) is 0.706. The molecule has 2 N–H and O–H groups in total. The predicted molar refractivity (Wildman–Crippen MR) is 90.6 cm³/mol. The van der Waals surface area contributed by atoms with Crippen molar-refractivity contribution in [3.8, 4) is 0 Å². The summed E-state index contributed by atoms with van der Waals surface area (Å²) in [6, 6.07) is 0.174. The molecule has 1 aliphatic heterocycles. The Morgan fingerprint density at radius 2 is 1.96 bits per heavy atom. The number of hydrogen-bond acceptors (Lipinski definition) is 5. The fourth-order valence-electron chi connectivity index (χ4n) is 2.95. The maximum absolute atomic E-state index is 12.2. The van der Waals surface area contributed by atoms with E-state index in [1.165, 1.54) is 0 Å². The zero-order valence-corrected chi connectivity index (χ0v) is 14.9. The van der Waals surface area contributed by atoms with E-state index in [1.54, 1.807) is 0 Å². The second kappa shape index (κ2) is 8.82. The number of aryl methyl sites for hydroxylation is 2. The average Bonchev–Trinajstić information content (AvgIpc) is 2.86. The lowest BCUT2D eigenvalue weighted by Crippen LogP contribution is -2.47. The number of likely N-dealkylation sites (tertiary alicyclic amines) is 1. The van der Waals surface area contributed by atoms with Gasteiger partial charge in [0.25, 0.3) is 0 Å². The summed E-state index contributed by atoms with van der Waals surface area (Å²) in [4.78, 5) is 26.1. The van der Waals surface area contributed by atoms with E-state index in [0.717, 1.165) is 50.2 Å². The molecule has 2 rings (SSSR count). The summed E-state index contributed by atoms with van der Waals surface area (Å²) in [5.74, 6) is 0.789. The first-order valence-corrected chi connectivity index (χ1v) is 8.69. The van der Waals surface area contributed by atoms with Crippen LogP contribution in [0.2, 0.25) is 0 Å². The molecule has 24 heavy (non-hydrogen) atoms. The van der Waals surface area contributed by atoms with E-state index in [1.807, 2.05) is 20.8 Å². The third kappa shape index (κ3) is 5.33. The summed E-state index contributed by atoms with van der Waals surface area (Å²) in [6.45, 7) is 8.54. The van der Waals surface area contributed by atoms with Crippen LogP contribution in [0.5, 0.6) is 0 Å². The molecule has 1 saturated heterocycles. The van der Waals surface area contributed by atoms with E-state index >= 15 is 0 Å². The molecule has 0 unspecified atom stereocenters. The Bertz CT molecular complexity index is 543. The molecule has 1 aliphatic rings. The maximum Gasteiger partial charge on any atom is 0.234 e. The molecule has 2 amide bonds. The Morgan fingerprint density at radius 1 is 1.25 bits per heavy atom. The predicted octanol–water partition coefficient (Wildman–Crippen LogP) is 0.941. The van der Waals surface area contributed by atoms with Crippen LogP contribution >= 0.6 is 0 Å². The van der Waals surface area contributed by atoms with E-state index in [9.17, 15) is 9.59 Å². The van der Waals surface area contributed by atoms with Crippen molar-refractivity contribution in [3.05, 3.63) is 17.0 Å². The minimum absolute atomic E-state index is 0.00328. The summed E-state index contributed by atoms with van der Waals surface area (Å²) < 4.78 is 5.09. The molecule has 0 radical (unpaired) electrons. The van der Waals surface area contributed by atoms with Gasteiger partial charge in [-0.05, 0) is 33.1 Å². The third-order valence-corrected chi connectivity index (χ3v) is 4.41. The van der Waals surface area contributed by atoms with Crippen LogP contribution in [-0.2, 0) is 16.0 Å². The van der Waals surface area contributed by atoms with Gasteiger partial charge in [-0.1, -0.05) is 12.1 Å². The smallest absolute Gasteiger partial charge is 0.234 e. The van der Waals surface area contributed by atoms with Crippen LogP contribution in [0.3, 0.4) is 0 Å². The first-order chi connectivity index (χ1) is 11.5. The lowest BCUT2D eigenvalue weighted by molar-refractivity contribution is -0.124. The summed E-state index contributed by atoms with van der Waals surface area (Å²) >= 11 is 0. The van der Waals surface area contributed by atoms with Gasteiger partial charge in [0, 0.05) is 31.2 Å². The summed E-state index contributed by atoms with van der Waals surface area (Å²) in [5.41, 5.74) is 1.65.